The SMILES string of the molecule is O=C(OCc1ccccc1)N1CCC[C@@H](CCSc2ccccc2)C1. The molecule has 132 valence electrons. The lowest BCUT2D eigenvalue weighted by molar-refractivity contribution is 0.0787. The van der Waals surface area contributed by atoms with Crippen molar-refractivity contribution >= 4 is 17.9 Å². The predicted octanol–water partition coefficient (Wildman–Crippen LogP) is 5.22. The van der Waals surface area contributed by atoms with Crippen LogP contribution in [0, 0.1) is 5.92 Å². The molecule has 1 saturated heterocycles. The standard InChI is InChI=1S/C21H25NO2S/c23-21(24-17-19-8-3-1-4-9-19)22-14-7-10-18(16-22)13-15-25-20-11-5-2-6-12-20/h1-6,8-9,11-12,18H,7,10,13-17H2/t18-/m0/s1. The van der Waals surface area contributed by atoms with E-state index in [0.29, 0.717) is 12.5 Å². The van der Waals surface area contributed by atoms with Gasteiger partial charge in [0, 0.05) is 18.0 Å². The van der Waals surface area contributed by atoms with Crippen LogP contribution in [0.2, 0.25) is 0 Å². The van der Waals surface area contributed by atoms with E-state index in [1.165, 1.54) is 11.3 Å². The van der Waals surface area contributed by atoms with Crippen LogP contribution in [-0.2, 0) is 11.3 Å². The molecule has 0 unspecified atom stereocenters. The van der Waals surface area contributed by atoms with E-state index in [-0.39, 0.29) is 6.09 Å². The Morgan fingerprint density at radius 3 is 2.56 bits per heavy atom. The third kappa shape index (κ3) is 5.82. The van der Waals surface area contributed by atoms with Gasteiger partial charge in [0.2, 0.25) is 0 Å². The highest BCUT2D eigenvalue weighted by atomic mass is 32.2. The second-order valence-electron chi connectivity index (χ2n) is 6.44. The zero-order valence-corrected chi connectivity index (χ0v) is 15.3. The highest BCUT2D eigenvalue weighted by Crippen LogP contribution is 2.25. The van der Waals surface area contributed by atoms with Gasteiger partial charge < -0.3 is 9.64 Å². The van der Waals surface area contributed by atoms with Crippen molar-refractivity contribution in [3.05, 3.63) is 66.2 Å². The van der Waals surface area contributed by atoms with E-state index in [4.69, 9.17) is 4.74 Å². The number of thioether (sulfide) groups is 1. The fourth-order valence-corrected chi connectivity index (χ4v) is 4.17. The van der Waals surface area contributed by atoms with Crippen molar-refractivity contribution in [3.63, 3.8) is 0 Å². The lowest BCUT2D eigenvalue weighted by Crippen LogP contribution is -2.40. The molecule has 1 amide bonds. The lowest BCUT2D eigenvalue weighted by atomic mass is 9.96. The van der Waals surface area contributed by atoms with Gasteiger partial charge in [0.15, 0.2) is 0 Å². The van der Waals surface area contributed by atoms with Crippen LogP contribution in [-0.4, -0.2) is 29.8 Å². The topological polar surface area (TPSA) is 29.5 Å². The molecule has 0 bridgehead atoms. The molecule has 1 aliphatic rings. The Bertz CT molecular complexity index is 647. The van der Waals surface area contributed by atoms with Crippen LogP contribution in [0.15, 0.2) is 65.6 Å². The maximum atomic E-state index is 12.3. The molecule has 0 aliphatic carbocycles. The smallest absolute Gasteiger partial charge is 0.410 e. The molecule has 2 aromatic carbocycles. The molecule has 1 aliphatic heterocycles. The van der Waals surface area contributed by atoms with Crippen LogP contribution < -0.4 is 0 Å². The molecule has 2 aromatic rings. The molecule has 1 fully saturated rings. The van der Waals surface area contributed by atoms with Crippen LogP contribution >= 0.6 is 11.8 Å². The number of amides is 1. The Balaban J connectivity index is 1.40. The molecule has 0 radical (unpaired) electrons. The zero-order valence-electron chi connectivity index (χ0n) is 14.5. The summed E-state index contributed by atoms with van der Waals surface area (Å²) in [6, 6.07) is 20.4. The highest BCUT2D eigenvalue weighted by molar-refractivity contribution is 7.99. The van der Waals surface area contributed by atoms with Crippen molar-refractivity contribution in [2.24, 2.45) is 5.92 Å². The number of carbonyl (C=O) groups is 1. The molecular formula is C21H25NO2S. The fourth-order valence-electron chi connectivity index (χ4n) is 3.14. The Labute approximate surface area is 154 Å². The first-order chi connectivity index (χ1) is 12.3. The van der Waals surface area contributed by atoms with E-state index in [2.05, 4.69) is 24.3 Å². The second-order valence-corrected chi connectivity index (χ2v) is 7.61. The molecule has 1 atom stereocenters. The summed E-state index contributed by atoms with van der Waals surface area (Å²) in [7, 11) is 0. The second kappa shape index (κ2) is 9.52. The van der Waals surface area contributed by atoms with E-state index in [1.807, 2.05) is 53.1 Å². The Kier molecular flexibility index (Phi) is 6.80. The maximum absolute atomic E-state index is 12.3. The number of ether oxygens (including phenoxy) is 1. The summed E-state index contributed by atoms with van der Waals surface area (Å²) in [4.78, 5) is 15.5. The van der Waals surface area contributed by atoms with E-state index < -0.39 is 0 Å². The van der Waals surface area contributed by atoms with Crippen LogP contribution in [0.3, 0.4) is 0 Å². The normalized spacial score (nSPS) is 17.3. The van der Waals surface area contributed by atoms with Gasteiger partial charge in [0.05, 0.1) is 0 Å². The molecule has 25 heavy (non-hydrogen) atoms. The molecule has 3 nitrogen and oxygen atoms in total. The minimum absolute atomic E-state index is 0.177. The van der Waals surface area contributed by atoms with E-state index in [9.17, 15) is 4.79 Å². The van der Waals surface area contributed by atoms with Gasteiger partial charge >= 0.3 is 6.09 Å². The van der Waals surface area contributed by atoms with E-state index >= 15 is 0 Å². The number of piperidine rings is 1. The summed E-state index contributed by atoms with van der Waals surface area (Å²) in [5.41, 5.74) is 1.03. The Morgan fingerprint density at radius 2 is 1.80 bits per heavy atom. The van der Waals surface area contributed by atoms with Gasteiger partial charge in [-0.2, -0.15) is 0 Å². The first-order valence-corrected chi connectivity index (χ1v) is 9.93. The predicted molar refractivity (Wildman–Crippen MR) is 103 cm³/mol. The average Bonchev–Trinajstić information content (AvgIpc) is 2.68. The Hall–Kier alpha value is -1.94. The summed E-state index contributed by atoms with van der Waals surface area (Å²) in [5.74, 6) is 1.68. The third-order valence-corrected chi connectivity index (χ3v) is 5.57. The van der Waals surface area contributed by atoms with Gasteiger partial charge in [-0.1, -0.05) is 48.5 Å². The molecule has 0 spiro atoms. The summed E-state index contributed by atoms with van der Waals surface area (Å²) in [6.45, 7) is 1.99. The first-order valence-electron chi connectivity index (χ1n) is 8.95. The number of likely N-dealkylation sites (tertiary alicyclic amines) is 1. The minimum Gasteiger partial charge on any atom is -0.445 e. The number of hydrogen-bond acceptors (Lipinski definition) is 3. The molecule has 4 heteroatoms. The molecule has 1 heterocycles. The van der Waals surface area contributed by atoms with Gasteiger partial charge in [0.1, 0.15) is 6.61 Å². The van der Waals surface area contributed by atoms with Crippen molar-refractivity contribution in [2.45, 2.75) is 30.8 Å². The lowest BCUT2D eigenvalue weighted by Gasteiger charge is -2.32. The molecule has 0 saturated carbocycles. The van der Waals surface area contributed by atoms with Crippen LogP contribution in [0.1, 0.15) is 24.8 Å². The van der Waals surface area contributed by atoms with Crippen molar-refractivity contribution in [3.8, 4) is 0 Å². The fraction of sp³-hybridized carbons (Fsp3) is 0.381. The number of nitrogens with zero attached hydrogens (tertiary/aromatic N) is 1. The number of rotatable bonds is 6. The number of carbonyl (C=O) groups excluding carboxylic acids is 1. The zero-order chi connectivity index (χ0) is 17.3. The monoisotopic (exact) mass is 355 g/mol. The van der Waals surface area contributed by atoms with E-state index in [1.54, 1.807) is 0 Å². The Morgan fingerprint density at radius 1 is 1.08 bits per heavy atom. The molecule has 3 rings (SSSR count). The largest absolute Gasteiger partial charge is 0.445 e. The summed E-state index contributed by atoms with van der Waals surface area (Å²) in [5, 5.41) is 0. The summed E-state index contributed by atoms with van der Waals surface area (Å²) in [6.07, 6.45) is 3.24. The quantitative estimate of drug-likeness (QED) is 0.666. The highest BCUT2D eigenvalue weighted by Gasteiger charge is 2.24. The van der Waals surface area contributed by atoms with E-state index in [0.717, 1.165) is 37.2 Å². The molecule has 0 N–H and O–H groups in total. The number of benzene rings is 2. The average molecular weight is 356 g/mol. The van der Waals surface area contributed by atoms with Gasteiger partial charge in [-0.3, -0.25) is 0 Å². The molecular weight excluding hydrogens is 330 g/mol. The minimum atomic E-state index is -0.177. The van der Waals surface area contributed by atoms with Gasteiger partial charge in [-0.05, 0) is 48.6 Å². The maximum Gasteiger partial charge on any atom is 0.410 e. The summed E-state index contributed by atoms with van der Waals surface area (Å²) < 4.78 is 5.47. The first kappa shape index (κ1) is 17.9. The summed E-state index contributed by atoms with van der Waals surface area (Å²) >= 11 is 1.90. The van der Waals surface area contributed by atoms with Crippen molar-refractivity contribution in [1.82, 2.24) is 4.90 Å². The van der Waals surface area contributed by atoms with Gasteiger partial charge in [0.25, 0.3) is 0 Å². The van der Waals surface area contributed by atoms with Crippen LogP contribution in [0.5, 0.6) is 0 Å². The van der Waals surface area contributed by atoms with Crippen molar-refractivity contribution in [1.29, 1.82) is 0 Å². The third-order valence-electron chi connectivity index (χ3n) is 4.52. The van der Waals surface area contributed by atoms with Gasteiger partial charge in [-0.25, -0.2) is 4.79 Å². The van der Waals surface area contributed by atoms with Crippen molar-refractivity contribution < 1.29 is 9.53 Å². The van der Waals surface area contributed by atoms with Crippen molar-refractivity contribution in [2.75, 3.05) is 18.8 Å². The van der Waals surface area contributed by atoms with Crippen LogP contribution in [0.25, 0.3) is 0 Å². The van der Waals surface area contributed by atoms with Gasteiger partial charge in [-0.15, -0.1) is 11.8 Å². The molecule has 0 aromatic heterocycles. The van der Waals surface area contributed by atoms with Crippen LogP contribution in [0.4, 0.5) is 4.79 Å². The number of hydrogen-bond donors (Lipinski definition) is 0.